The molecule has 0 saturated carbocycles. The van der Waals surface area contributed by atoms with Crippen LogP contribution in [0.1, 0.15) is 61.2 Å². The van der Waals surface area contributed by atoms with Crippen LogP contribution in [0.2, 0.25) is 0 Å². The number of aryl methyl sites for hydroxylation is 1. The lowest BCUT2D eigenvalue weighted by atomic mass is 9.91. The van der Waals surface area contributed by atoms with Gasteiger partial charge in [0.1, 0.15) is 5.69 Å². The number of nitrogens with one attached hydrogen (secondary N) is 2. The molecule has 0 radical (unpaired) electrons. The van der Waals surface area contributed by atoms with E-state index in [0.717, 1.165) is 11.3 Å². The molecule has 2 heterocycles. The molecule has 0 aliphatic heterocycles. The van der Waals surface area contributed by atoms with Crippen molar-refractivity contribution in [3.63, 3.8) is 0 Å². The van der Waals surface area contributed by atoms with Crippen molar-refractivity contribution in [1.29, 1.82) is 0 Å². The molecule has 2 aromatic rings. The first-order valence-corrected chi connectivity index (χ1v) is 7.52. The number of hydrogen-bond donors (Lipinski definition) is 2. The van der Waals surface area contributed by atoms with Gasteiger partial charge in [0.15, 0.2) is 0 Å². The second kappa shape index (κ2) is 6.32. The maximum Gasteiger partial charge on any atom is 0.345 e. The highest BCUT2D eigenvalue weighted by Gasteiger charge is 2.20. The highest BCUT2D eigenvalue weighted by molar-refractivity contribution is 5.92. The predicted octanol–water partition coefficient (Wildman–Crippen LogP) is 2.26. The normalized spacial score (nSPS) is 12.7. The number of nitrogens with zero attached hydrogens (tertiary/aromatic N) is 2. The summed E-state index contributed by atoms with van der Waals surface area (Å²) in [7, 11) is 0. The van der Waals surface area contributed by atoms with Crippen LogP contribution < -0.4 is 11.0 Å². The number of carbonyl (C=O) groups excluding carboxylic acids is 1. The van der Waals surface area contributed by atoms with E-state index in [-0.39, 0.29) is 23.1 Å². The Labute approximate surface area is 135 Å². The van der Waals surface area contributed by atoms with Gasteiger partial charge in [-0.15, -0.1) is 0 Å². The lowest BCUT2D eigenvalue weighted by Crippen LogP contribution is -2.32. The highest BCUT2D eigenvalue weighted by Crippen LogP contribution is 2.19. The second-order valence-electron chi connectivity index (χ2n) is 6.64. The summed E-state index contributed by atoms with van der Waals surface area (Å²) in [5.74, 6) is -0.390. The fourth-order valence-corrected chi connectivity index (χ4v) is 2.27. The van der Waals surface area contributed by atoms with Crippen molar-refractivity contribution >= 4 is 5.91 Å². The fourth-order valence-electron chi connectivity index (χ4n) is 2.27. The summed E-state index contributed by atoms with van der Waals surface area (Å²) in [6.45, 7) is 9.67. The average Bonchev–Trinajstić information content (AvgIpc) is 2.46. The van der Waals surface area contributed by atoms with Gasteiger partial charge < -0.3 is 10.3 Å². The van der Waals surface area contributed by atoms with Gasteiger partial charge in [0, 0.05) is 17.3 Å². The molecule has 0 saturated heterocycles. The van der Waals surface area contributed by atoms with Gasteiger partial charge in [-0.2, -0.15) is 4.98 Å². The maximum absolute atomic E-state index is 12.4. The van der Waals surface area contributed by atoms with Gasteiger partial charge in [-0.1, -0.05) is 26.8 Å². The fraction of sp³-hybridized carbons (Fsp3) is 0.412. The standard InChI is InChI=1S/C17H22N4O2/c1-10-7-6-8-18-14(10)11(2)19-15(22)12-9-13(17(3,4)5)21-16(23)20-12/h6-9,11H,1-5H3,(H,19,22)(H,20,21,23). The summed E-state index contributed by atoms with van der Waals surface area (Å²) < 4.78 is 0. The Morgan fingerprint density at radius 3 is 2.65 bits per heavy atom. The van der Waals surface area contributed by atoms with Crippen LogP contribution in [0.5, 0.6) is 0 Å². The summed E-state index contributed by atoms with van der Waals surface area (Å²) in [5, 5.41) is 2.84. The van der Waals surface area contributed by atoms with Crippen molar-refractivity contribution in [2.24, 2.45) is 0 Å². The number of pyridine rings is 1. The van der Waals surface area contributed by atoms with Crippen molar-refractivity contribution in [2.45, 2.75) is 46.1 Å². The molecule has 6 heteroatoms. The molecule has 6 nitrogen and oxygen atoms in total. The summed E-state index contributed by atoms with van der Waals surface area (Å²) in [6.07, 6.45) is 1.69. The van der Waals surface area contributed by atoms with Gasteiger partial charge in [-0.05, 0) is 31.5 Å². The van der Waals surface area contributed by atoms with Crippen LogP contribution in [0.15, 0.2) is 29.2 Å². The van der Waals surface area contributed by atoms with Gasteiger partial charge >= 0.3 is 5.69 Å². The molecule has 23 heavy (non-hydrogen) atoms. The number of amides is 1. The molecule has 0 aromatic carbocycles. The maximum atomic E-state index is 12.4. The molecule has 0 aliphatic rings. The minimum absolute atomic E-state index is 0.110. The number of rotatable bonds is 3. The molecule has 1 atom stereocenters. The van der Waals surface area contributed by atoms with E-state index in [4.69, 9.17) is 0 Å². The molecular weight excluding hydrogens is 292 g/mol. The number of carbonyl (C=O) groups is 1. The van der Waals surface area contributed by atoms with Crippen LogP contribution in [0.25, 0.3) is 0 Å². The van der Waals surface area contributed by atoms with E-state index in [2.05, 4.69) is 20.3 Å². The van der Waals surface area contributed by atoms with Crippen molar-refractivity contribution in [2.75, 3.05) is 0 Å². The third-order valence-corrected chi connectivity index (χ3v) is 3.59. The Bertz CT molecular complexity index is 775. The topological polar surface area (TPSA) is 87.7 Å². The van der Waals surface area contributed by atoms with E-state index in [1.807, 2.05) is 46.8 Å². The van der Waals surface area contributed by atoms with Crippen molar-refractivity contribution in [3.8, 4) is 0 Å². The first-order valence-electron chi connectivity index (χ1n) is 7.52. The molecule has 122 valence electrons. The third kappa shape index (κ3) is 4.03. The first kappa shape index (κ1) is 16.9. The molecule has 0 aliphatic carbocycles. The lowest BCUT2D eigenvalue weighted by Gasteiger charge is -2.19. The Kier molecular flexibility index (Phi) is 4.63. The second-order valence-corrected chi connectivity index (χ2v) is 6.64. The van der Waals surface area contributed by atoms with Crippen LogP contribution >= 0.6 is 0 Å². The Balaban J connectivity index is 2.26. The summed E-state index contributed by atoms with van der Waals surface area (Å²) in [4.78, 5) is 34.9. The van der Waals surface area contributed by atoms with Crippen molar-refractivity contribution < 1.29 is 4.79 Å². The summed E-state index contributed by atoms with van der Waals surface area (Å²) in [5.41, 5.74) is 1.77. The molecule has 1 unspecified atom stereocenters. The average molecular weight is 314 g/mol. The van der Waals surface area contributed by atoms with Gasteiger partial charge in [0.25, 0.3) is 5.91 Å². The van der Waals surface area contributed by atoms with Crippen LogP contribution in [0, 0.1) is 6.92 Å². The minimum Gasteiger partial charge on any atom is -0.343 e. The molecule has 2 aromatic heterocycles. The van der Waals surface area contributed by atoms with E-state index in [1.165, 1.54) is 0 Å². The number of aromatic amines is 1. The Hall–Kier alpha value is -2.50. The summed E-state index contributed by atoms with van der Waals surface area (Å²) >= 11 is 0. The zero-order chi connectivity index (χ0) is 17.2. The molecule has 2 N–H and O–H groups in total. The number of hydrogen-bond acceptors (Lipinski definition) is 4. The van der Waals surface area contributed by atoms with E-state index < -0.39 is 5.69 Å². The van der Waals surface area contributed by atoms with Crippen LogP contribution in [-0.4, -0.2) is 20.9 Å². The zero-order valence-electron chi connectivity index (χ0n) is 14.1. The zero-order valence-corrected chi connectivity index (χ0v) is 14.1. The van der Waals surface area contributed by atoms with Gasteiger partial charge in [0.2, 0.25) is 0 Å². The molecular formula is C17H22N4O2. The first-order chi connectivity index (χ1) is 10.7. The lowest BCUT2D eigenvalue weighted by molar-refractivity contribution is 0.0933. The SMILES string of the molecule is Cc1cccnc1C(C)NC(=O)c1cc(C(C)(C)C)[nH]c(=O)n1. The number of H-pyrrole nitrogens is 1. The van der Waals surface area contributed by atoms with Crippen molar-refractivity contribution in [3.05, 3.63) is 57.5 Å². The van der Waals surface area contributed by atoms with Crippen LogP contribution in [0.3, 0.4) is 0 Å². The Morgan fingerprint density at radius 2 is 2.04 bits per heavy atom. The monoisotopic (exact) mass is 314 g/mol. The van der Waals surface area contributed by atoms with Crippen molar-refractivity contribution in [1.82, 2.24) is 20.3 Å². The van der Waals surface area contributed by atoms with Gasteiger partial charge in [0.05, 0.1) is 11.7 Å². The molecule has 0 fully saturated rings. The van der Waals surface area contributed by atoms with Crippen LogP contribution in [0.4, 0.5) is 0 Å². The third-order valence-electron chi connectivity index (χ3n) is 3.59. The van der Waals surface area contributed by atoms with Crippen LogP contribution in [-0.2, 0) is 5.41 Å². The predicted molar refractivity (Wildman–Crippen MR) is 88.4 cm³/mol. The van der Waals surface area contributed by atoms with E-state index in [0.29, 0.717) is 5.69 Å². The minimum atomic E-state index is -0.524. The Morgan fingerprint density at radius 1 is 1.35 bits per heavy atom. The number of aromatic nitrogens is 3. The quantitative estimate of drug-likeness (QED) is 0.909. The largest absolute Gasteiger partial charge is 0.345 e. The summed E-state index contributed by atoms with van der Waals surface area (Å²) in [6, 6.07) is 5.13. The van der Waals surface area contributed by atoms with Gasteiger partial charge in [-0.3, -0.25) is 9.78 Å². The highest BCUT2D eigenvalue weighted by atomic mass is 16.2. The molecule has 1 amide bonds. The molecule has 2 rings (SSSR count). The van der Waals surface area contributed by atoms with E-state index in [9.17, 15) is 9.59 Å². The van der Waals surface area contributed by atoms with Gasteiger partial charge in [-0.25, -0.2) is 4.79 Å². The molecule has 0 spiro atoms. The smallest absolute Gasteiger partial charge is 0.343 e. The van der Waals surface area contributed by atoms with E-state index in [1.54, 1.807) is 12.3 Å². The molecule has 0 bridgehead atoms. The van der Waals surface area contributed by atoms with E-state index >= 15 is 0 Å².